The summed E-state index contributed by atoms with van der Waals surface area (Å²) in [6.45, 7) is 0.840. The van der Waals surface area contributed by atoms with Gasteiger partial charge in [0.05, 0.1) is 5.57 Å². The Morgan fingerprint density at radius 2 is 1.69 bits per heavy atom. The van der Waals surface area contributed by atoms with E-state index in [1.54, 1.807) is 18.2 Å². The summed E-state index contributed by atoms with van der Waals surface area (Å²) in [6, 6.07) is 7.56. The van der Waals surface area contributed by atoms with E-state index in [4.69, 9.17) is 5.73 Å². The zero-order chi connectivity index (χ0) is 12.3. The van der Waals surface area contributed by atoms with E-state index in [9.17, 15) is 18.0 Å². The first-order chi connectivity index (χ1) is 7.34. The van der Waals surface area contributed by atoms with Crippen LogP contribution in [-0.2, 0) is 4.79 Å². The Bertz CT molecular complexity index is 421. The largest absolute Gasteiger partial charge is 0.413 e. The molecule has 16 heavy (non-hydrogen) atoms. The summed E-state index contributed by atoms with van der Waals surface area (Å²) in [4.78, 5) is 11.1. The quantitative estimate of drug-likeness (QED) is 0.778. The van der Waals surface area contributed by atoms with Crippen molar-refractivity contribution in [2.45, 2.75) is 13.1 Å². The third kappa shape index (κ3) is 2.62. The summed E-state index contributed by atoms with van der Waals surface area (Å²) in [5, 5.41) is 0. The Kier molecular flexibility index (Phi) is 3.37. The number of hydrogen-bond donors (Lipinski definition) is 1. The number of alkyl halides is 3. The number of allylic oxidation sites excluding steroid dienone is 1. The lowest BCUT2D eigenvalue weighted by Gasteiger charge is -2.12. The van der Waals surface area contributed by atoms with Crippen LogP contribution >= 0.6 is 0 Å². The van der Waals surface area contributed by atoms with Crippen molar-refractivity contribution in [3.8, 4) is 0 Å². The van der Waals surface area contributed by atoms with Gasteiger partial charge in [0.2, 0.25) is 5.91 Å². The number of rotatable bonds is 2. The number of amides is 1. The molecule has 0 bridgehead atoms. The third-order valence-corrected chi connectivity index (χ3v) is 2.11. The molecule has 0 saturated heterocycles. The highest BCUT2D eigenvalue weighted by atomic mass is 19.4. The normalized spacial score (nSPS) is 13.2. The maximum absolute atomic E-state index is 12.5. The van der Waals surface area contributed by atoms with Crippen molar-refractivity contribution in [1.29, 1.82) is 0 Å². The van der Waals surface area contributed by atoms with Crippen molar-refractivity contribution in [3.05, 3.63) is 41.5 Å². The molecule has 86 valence electrons. The lowest BCUT2D eigenvalue weighted by molar-refractivity contribution is -0.114. The second kappa shape index (κ2) is 4.38. The molecule has 0 atom stereocenters. The lowest BCUT2D eigenvalue weighted by Crippen LogP contribution is -2.20. The van der Waals surface area contributed by atoms with Gasteiger partial charge in [-0.15, -0.1) is 0 Å². The fourth-order valence-corrected chi connectivity index (χ4v) is 1.29. The van der Waals surface area contributed by atoms with Gasteiger partial charge in [0.25, 0.3) is 0 Å². The number of primary amides is 1. The van der Waals surface area contributed by atoms with Crippen LogP contribution in [0.25, 0.3) is 5.57 Å². The SMILES string of the molecule is CC(=C(C(N)=O)c1ccccc1)C(F)(F)F. The molecule has 0 heterocycles. The van der Waals surface area contributed by atoms with E-state index in [1.165, 1.54) is 12.1 Å². The minimum Gasteiger partial charge on any atom is -0.366 e. The molecule has 0 spiro atoms. The third-order valence-electron chi connectivity index (χ3n) is 2.11. The molecule has 1 amide bonds. The van der Waals surface area contributed by atoms with Crippen molar-refractivity contribution in [2.24, 2.45) is 5.73 Å². The maximum Gasteiger partial charge on any atom is 0.413 e. The molecular weight excluding hydrogens is 219 g/mol. The lowest BCUT2D eigenvalue weighted by atomic mass is 10.00. The molecule has 0 radical (unpaired) electrons. The second-order valence-electron chi connectivity index (χ2n) is 3.23. The van der Waals surface area contributed by atoms with Crippen molar-refractivity contribution in [3.63, 3.8) is 0 Å². The molecule has 0 fully saturated rings. The summed E-state index contributed by atoms with van der Waals surface area (Å²) < 4.78 is 37.4. The maximum atomic E-state index is 12.5. The van der Waals surface area contributed by atoms with Crippen LogP contribution in [0.1, 0.15) is 12.5 Å². The van der Waals surface area contributed by atoms with Crippen molar-refractivity contribution < 1.29 is 18.0 Å². The average Bonchev–Trinajstić information content (AvgIpc) is 2.17. The molecular formula is C11H10F3NO. The van der Waals surface area contributed by atoms with Gasteiger partial charge in [0, 0.05) is 5.57 Å². The van der Waals surface area contributed by atoms with Gasteiger partial charge in [-0.25, -0.2) is 0 Å². The minimum atomic E-state index is -4.56. The van der Waals surface area contributed by atoms with E-state index in [-0.39, 0.29) is 5.56 Å². The van der Waals surface area contributed by atoms with Crippen LogP contribution < -0.4 is 5.73 Å². The number of nitrogens with two attached hydrogens (primary N) is 1. The molecule has 2 nitrogen and oxygen atoms in total. The number of carbonyl (C=O) groups excluding carboxylic acids is 1. The summed E-state index contributed by atoms with van der Waals surface area (Å²) in [7, 11) is 0. The van der Waals surface area contributed by atoms with E-state index in [0.29, 0.717) is 0 Å². The van der Waals surface area contributed by atoms with Crippen LogP contribution in [0, 0.1) is 0 Å². The van der Waals surface area contributed by atoms with Gasteiger partial charge in [-0.3, -0.25) is 4.79 Å². The summed E-state index contributed by atoms with van der Waals surface area (Å²) in [5.74, 6) is -1.08. The highest BCUT2D eigenvalue weighted by Crippen LogP contribution is 2.31. The number of benzene rings is 1. The van der Waals surface area contributed by atoms with E-state index < -0.39 is 23.2 Å². The zero-order valence-corrected chi connectivity index (χ0v) is 8.51. The average molecular weight is 229 g/mol. The van der Waals surface area contributed by atoms with E-state index >= 15 is 0 Å². The Balaban J connectivity index is 3.37. The Labute approximate surface area is 90.6 Å². The Morgan fingerprint density at radius 3 is 2.06 bits per heavy atom. The molecule has 0 aliphatic carbocycles. The predicted molar refractivity (Wildman–Crippen MR) is 54.3 cm³/mol. The van der Waals surface area contributed by atoms with Gasteiger partial charge in [-0.05, 0) is 12.5 Å². The minimum absolute atomic E-state index is 0.171. The topological polar surface area (TPSA) is 43.1 Å². The standard InChI is InChI=1S/C11H10F3NO/c1-7(11(12,13)14)9(10(15)16)8-5-3-2-4-6-8/h2-6H,1H3,(H2,15,16). The second-order valence-corrected chi connectivity index (χ2v) is 3.23. The first kappa shape index (κ1) is 12.3. The number of halogens is 3. The van der Waals surface area contributed by atoms with Crippen LogP contribution in [0.5, 0.6) is 0 Å². The monoisotopic (exact) mass is 229 g/mol. The van der Waals surface area contributed by atoms with Gasteiger partial charge < -0.3 is 5.73 Å². The van der Waals surface area contributed by atoms with E-state index in [2.05, 4.69) is 0 Å². The van der Waals surface area contributed by atoms with Gasteiger partial charge in [-0.2, -0.15) is 13.2 Å². The van der Waals surface area contributed by atoms with Crippen LogP contribution in [0.3, 0.4) is 0 Å². The fourth-order valence-electron chi connectivity index (χ4n) is 1.29. The van der Waals surface area contributed by atoms with Crippen LogP contribution in [-0.4, -0.2) is 12.1 Å². The number of hydrogen-bond acceptors (Lipinski definition) is 1. The molecule has 1 rings (SSSR count). The highest BCUT2D eigenvalue weighted by Gasteiger charge is 2.34. The molecule has 0 aliphatic heterocycles. The summed E-state index contributed by atoms with van der Waals surface area (Å²) >= 11 is 0. The first-order valence-corrected chi connectivity index (χ1v) is 4.47. The van der Waals surface area contributed by atoms with E-state index in [1.807, 2.05) is 0 Å². The molecule has 0 aliphatic rings. The molecule has 5 heteroatoms. The van der Waals surface area contributed by atoms with Crippen LogP contribution in [0.4, 0.5) is 13.2 Å². The summed E-state index contributed by atoms with van der Waals surface area (Å²) in [6.07, 6.45) is -4.56. The Hall–Kier alpha value is -1.78. The van der Waals surface area contributed by atoms with Crippen molar-refractivity contribution in [1.82, 2.24) is 0 Å². The molecule has 0 aromatic heterocycles. The molecule has 1 aromatic rings. The van der Waals surface area contributed by atoms with Gasteiger partial charge >= 0.3 is 6.18 Å². The van der Waals surface area contributed by atoms with Crippen LogP contribution in [0.2, 0.25) is 0 Å². The first-order valence-electron chi connectivity index (χ1n) is 4.47. The fraction of sp³-hybridized carbons (Fsp3) is 0.182. The molecule has 2 N–H and O–H groups in total. The van der Waals surface area contributed by atoms with Gasteiger partial charge in [0.15, 0.2) is 0 Å². The molecule has 1 aromatic carbocycles. The molecule has 0 saturated carbocycles. The zero-order valence-electron chi connectivity index (χ0n) is 8.51. The predicted octanol–water partition coefficient (Wildman–Crippen LogP) is 2.51. The molecule has 0 unspecified atom stereocenters. The van der Waals surface area contributed by atoms with Gasteiger partial charge in [0.1, 0.15) is 0 Å². The van der Waals surface area contributed by atoms with Crippen molar-refractivity contribution >= 4 is 11.5 Å². The Morgan fingerprint density at radius 1 is 1.19 bits per heavy atom. The highest BCUT2D eigenvalue weighted by molar-refractivity contribution is 6.19. The smallest absolute Gasteiger partial charge is 0.366 e. The van der Waals surface area contributed by atoms with E-state index in [0.717, 1.165) is 6.92 Å². The number of carbonyl (C=O) groups is 1. The van der Waals surface area contributed by atoms with Crippen molar-refractivity contribution in [2.75, 3.05) is 0 Å². The van der Waals surface area contributed by atoms with Gasteiger partial charge in [-0.1, -0.05) is 30.3 Å². The summed E-state index contributed by atoms with van der Waals surface area (Å²) in [5.41, 5.74) is 3.67. The van der Waals surface area contributed by atoms with Crippen LogP contribution in [0.15, 0.2) is 35.9 Å².